The van der Waals surface area contributed by atoms with E-state index in [1.165, 1.54) is 36.9 Å². The van der Waals surface area contributed by atoms with E-state index in [0.717, 1.165) is 5.56 Å². The van der Waals surface area contributed by atoms with Gasteiger partial charge in [-0.05, 0) is 30.7 Å². The van der Waals surface area contributed by atoms with Gasteiger partial charge in [0.15, 0.2) is 0 Å². The number of esters is 1. The van der Waals surface area contributed by atoms with Crippen molar-refractivity contribution in [3.63, 3.8) is 0 Å². The molecular weight excluding hydrogens is 448 g/mol. The van der Waals surface area contributed by atoms with Crippen LogP contribution in [0.15, 0.2) is 53.4 Å². The van der Waals surface area contributed by atoms with Gasteiger partial charge in [-0.3, -0.25) is 9.59 Å². The Balaban J connectivity index is 2.13. The Hall–Kier alpha value is -2.07. The van der Waals surface area contributed by atoms with Crippen molar-refractivity contribution in [1.29, 1.82) is 0 Å². The van der Waals surface area contributed by atoms with Crippen LogP contribution in [0.25, 0.3) is 0 Å². The topological polar surface area (TPSA) is 102 Å². The molecule has 0 bridgehead atoms. The normalized spacial score (nSPS) is 12.2. The number of hydrogen-bond acceptors (Lipinski definition) is 6. The van der Waals surface area contributed by atoms with Crippen LogP contribution in [0.4, 0.5) is 5.69 Å². The van der Waals surface area contributed by atoms with E-state index in [1.807, 2.05) is 30.3 Å². The second-order valence-electron chi connectivity index (χ2n) is 6.25. The van der Waals surface area contributed by atoms with Crippen LogP contribution in [-0.2, 0) is 30.1 Å². The number of nitrogens with one attached hydrogen (secondary N) is 2. The number of ether oxygens (including phenoxy) is 1. The zero-order valence-electron chi connectivity index (χ0n) is 16.6. The van der Waals surface area contributed by atoms with Crippen LogP contribution in [0.1, 0.15) is 19.4 Å². The second-order valence-corrected chi connectivity index (χ2v) is 9.40. The summed E-state index contributed by atoms with van der Waals surface area (Å²) in [6, 6.07) is 12.5. The molecule has 1 atom stereocenters. The van der Waals surface area contributed by atoms with Gasteiger partial charge in [-0.2, -0.15) is 16.5 Å². The Morgan fingerprint density at radius 2 is 1.87 bits per heavy atom. The predicted molar refractivity (Wildman–Crippen MR) is 119 cm³/mol. The van der Waals surface area contributed by atoms with Crippen LogP contribution in [0.2, 0.25) is 5.02 Å². The SMILES string of the molecule is CCOC(=O)C(CSCc1ccccc1)NS(=O)(=O)c1ccc(NC(C)=O)c(Cl)c1. The van der Waals surface area contributed by atoms with E-state index in [9.17, 15) is 18.0 Å². The molecule has 2 aromatic rings. The van der Waals surface area contributed by atoms with Crippen molar-refractivity contribution in [2.75, 3.05) is 17.7 Å². The number of carbonyl (C=O) groups is 2. The molecule has 2 aromatic carbocycles. The summed E-state index contributed by atoms with van der Waals surface area (Å²) in [5, 5.41) is 2.58. The van der Waals surface area contributed by atoms with Gasteiger partial charge in [0.05, 0.1) is 22.2 Å². The van der Waals surface area contributed by atoms with Gasteiger partial charge < -0.3 is 10.1 Å². The fourth-order valence-corrected chi connectivity index (χ4v) is 5.08. The molecule has 0 heterocycles. The summed E-state index contributed by atoms with van der Waals surface area (Å²) in [7, 11) is -4.05. The number of carbonyl (C=O) groups excluding carboxylic acids is 2. The number of sulfonamides is 1. The summed E-state index contributed by atoms with van der Waals surface area (Å²) in [5.74, 6) is -0.161. The predicted octanol–water partition coefficient (Wildman–Crippen LogP) is 3.44. The highest BCUT2D eigenvalue weighted by atomic mass is 35.5. The molecular formula is C20H23ClN2O5S2. The minimum atomic E-state index is -4.05. The van der Waals surface area contributed by atoms with E-state index in [2.05, 4.69) is 10.0 Å². The number of rotatable bonds is 10. The number of benzene rings is 2. The lowest BCUT2D eigenvalue weighted by atomic mass is 10.2. The summed E-state index contributed by atoms with van der Waals surface area (Å²) in [4.78, 5) is 23.4. The third kappa shape index (κ3) is 7.32. The average Bonchev–Trinajstić information content (AvgIpc) is 2.69. The Bertz CT molecular complexity index is 984. The molecule has 0 spiro atoms. The first kappa shape index (κ1) is 24.2. The number of amides is 1. The van der Waals surface area contributed by atoms with E-state index in [1.54, 1.807) is 6.92 Å². The van der Waals surface area contributed by atoms with Crippen molar-refractivity contribution < 1.29 is 22.7 Å². The number of anilines is 1. The van der Waals surface area contributed by atoms with E-state index in [-0.39, 0.29) is 28.2 Å². The van der Waals surface area contributed by atoms with Crippen molar-refractivity contribution in [1.82, 2.24) is 4.72 Å². The van der Waals surface area contributed by atoms with Gasteiger partial charge in [0.1, 0.15) is 6.04 Å². The van der Waals surface area contributed by atoms with Crippen LogP contribution >= 0.6 is 23.4 Å². The molecule has 0 radical (unpaired) electrons. The van der Waals surface area contributed by atoms with Gasteiger partial charge in [0.2, 0.25) is 15.9 Å². The second kappa shape index (κ2) is 11.4. The van der Waals surface area contributed by atoms with Crippen molar-refractivity contribution in [3.8, 4) is 0 Å². The molecule has 2 rings (SSSR count). The first-order valence-corrected chi connectivity index (χ1v) is 12.1. The summed E-state index contributed by atoms with van der Waals surface area (Å²) in [5.41, 5.74) is 1.36. The zero-order valence-corrected chi connectivity index (χ0v) is 18.9. The summed E-state index contributed by atoms with van der Waals surface area (Å²) < 4.78 is 33.0. The fourth-order valence-electron chi connectivity index (χ4n) is 2.47. The minimum Gasteiger partial charge on any atom is -0.465 e. The summed E-state index contributed by atoms with van der Waals surface area (Å²) >= 11 is 7.49. The average molecular weight is 471 g/mol. The standard InChI is InChI=1S/C20H23ClN2O5S2/c1-3-28-20(25)19(13-29-12-15-7-5-4-6-8-15)23-30(26,27)16-9-10-18(17(21)11-16)22-14(2)24/h4-11,19,23H,3,12-13H2,1-2H3,(H,22,24). The van der Waals surface area contributed by atoms with E-state index < -0.39 is 22.0 Å². The van der Waals surface area contributed by atoms with Gasteiger partial charge in [0.25, 0.3) is 0 Å². The highest BCUT2D eigenvalue weighted by Crippen LogP contribution is 2.25. The smallest absolute Gasteiger partial charge is 0.325 e. The van der Waals surface area contributed by atoms with Gasteiger partial charge in [-0.25, -0.2) is 8.42 Å². The van der Waals surface area contributed by atoms with Gasteiger partial charge >= 0.3 is 5.97 Å². The van der Waals surface area contributed by atoms with Crippen molar-refractivity contribution >= 4 is 50.9 Å². The lowest BCUT2D eigenvalue weighted by Crippen LogP contribution is -2.43. The third-order valence-corrected chi connectivity index (χ3v) is 6.71. The van der Waals surface area contributed by atoms with E-state index in [4.69, 9.17) is 16.3 Å². The highest BCUT2D eigenvalue weighted by Gasteiger charge is 2.27. The molecule has 7 nitrogen and oxygen atoms in total. The first-order chi connectivity index (χ1) is 14.2. The third-order valence-electron chi connectivity index (χ3n) is 3.83. The maximum absolute atomic E-state index is 12.8. The fraction of sp³-hybridized carbons (Fsp3) is 0.300. The zero-order chi connectivity index (χ0) is 22.1. The van der Waals surface area contributed by atoms with Crippen molar-refractivity contribution in [2.45, 2.75) is 30.5 Å². The van der Waals surface area contributed by atoms with Crippen molar-refractivity contribution in [2.24, 2.45) is 0 Å². The van der Waals surface area contributed by atoms with Gasteiger partial charge in [-0.1, -0.05) is 41.9 Å². The molecule has 0 fully saturated rings. The molecule has 0 saturated heterocycles. The molecule has 0 aliphatic rings. The van der Waals surface area contributed by atoms with Gasteiger partial charge in [0, 0.05) is 18.4 Å². The maximum Gasteiger partial charge on any atom is 0.325 e. The Kier molecular flexibility index (Phi) is 9.16. The molecule has 2 N–H and O–H groups in total. The maximum atomic E-state index is 12.8. The van der Waals surface area contributed by atoms with E-state index in [0.29, 0.717) is 11.4 Å². The summed E-state index contributed by atoms with van der Waals surface area (Å²) in [6.45, 7) is 3.11. The van der Waals surface area contributed by atoms with Crippen LogP contribution in [0.3, 0.4) is 0 Å². The molecule has 1 unspecified atom stereocenters. The van der Waals surface area contributed by atoms with Gasteiger partial charge in [-0.15, -0.1) is 0 Å². The molecule has 0 aromatic heterocycles. The molecule has 30 heavy (non-hydrogen) atoms. The van der Waals surface area contributed by atoms with Crippen LogP contribution in [0, 0.1) is 0 Å². The number of hydrogen-bond donors (Lipinski definition) is 2. The first-order valence-electron chi connectivity index (χ1n) is 9.10. The molecule has 0 aliphatic heterocycles. The number of thioether (sulfide) groups is 1. The Morgan fingerprint density at radius 3 is 2.47 bits per heavy atom. The Morgan fingerprint density at radius 1 is 1.17 bits per heavy atom. The molecule has 10 heteroatoms. The molecule has 0 saturated carbocycles. The quantitative estimate of drug-likeness (QED) is 0.516. The highest BCUT2D eigenvalue weighted by molar-refractivity contribution is 7.98. The van der Waals surface area contributed by atoms with E-state index >= 15 is 0 Å². The van der Waals surface area contributed by atoms with Crippen molar-refractivity contribution in [3.05, 3.63) is 59.1 Å². The largest absolute Gasteiger partial charge is 0.465 e. The summed E-state index contributed by atoms with van der Waals surface area (Å²) in [6.07, 6.45) is 0. The Labute approximate surface area is 185 Å². The lowest BCUT2D eigenvalue weighted by molar-refractivity contribution is -0.144. The lowest BCUT2D eigenvalue weighted by Gasteiger charge is -2.17. The van der Waals surface area contributed by atoms with Crippen LogP contribution in [0.5, 0.6) is 0 Å². The number of halogens is 1. The molecule has 162 valence electrons. The van der Waals surface area contributed by atoms with Crippen LogP contribution in [-0.4, -0.2) is 38.7 Å². The van der Waals surface area contributed by atoms with Crippen LogP contribution < -0.4 is 10.0 Å². The molecule has 1 amide bonds. The minimum absolute atomic E-state index is 0.0687. The molecule has 0 aliphatic carbocycles. The monoisotopic (exact) mass is 470 g/mol.